The van der Waals surface area contributed by atoms with Crippen LogP contribution in [0.3, 0.4) is 0 Å². The van der Waals surface area contributed by atoms with E-state index in [-0.39, 0.29) is 11.8 Å². The number of carbonyl (C=O) groups is 2. The van der Waals surface area contributed by atoms with Crippen LogP contribution >= 0.6 is 15.9 Å². The highest BCUT2D eigenvalue weighted by atomic mass is 79.9. The number of piperidine rings is 1. The van der Waals surface area contributed by atoms with E-state index in [0.717, 1.165) is 17.3 Å². The van der Waals surface area contributed by atoms with E-state index < -0.39 is 6.03 Å². The summed E-state index contributed by atoms with van der Waals surface area (Å²) in [5.74, 6) is 0.163. The number of rotatable bonds is 3. The van der Waals surface area contributed by atoms with Crippen LogP contribution in [0.25, 0.3) is 0 Å². The van der Waals surface area contributed by atoms with Crippen LogP contribution < -0.4 is 16.8 Å². The number of benzene rings is 1. The van der Waals surface area contributed by atoms with Crippen LogP contribution in [0.2, 0.25) is 0 Å². The van der Waals surface area contributed by atoms with Crippen molar-refractivity contribution in [2.24, 2.45) is 11.7 Å². The molecule has 0 radical (unpaired) electrons. The molecule has 1 aromatic carbocycles. The van der Waals surface area contributed by atoms with Crippen LogP contribution in [0.5, 0.6) is 0 Å². The Morgan fingerprint density at radius 3 is 2.86 bits per heavy atom. The lowest BCUT2D eigenvalue weighted by molar-refractivity contribution is 0.0676. The van der Waals surface area contributed by atoms with Gasteiger partial charge in [0.2, 0.25) is 0 Å². The average Bonchev–Trinajstić information content (AvgIpc) is 2.45. The van der Waals surface area contributed by atoms with Crippen molar-refractivity contribution in [1.82, 2.24) is 10.2 Å². The summed E-state index contributed by atoms with van der Waals surface area (Å²) >= 11 is 3.33. The molecule has 0 saturated carbocycles. The normalized spacial score (nSPS) is 18.3. The van der Waals surface area contributed by atoms with Gasteiger partial charge < -0.3 is 21.7 Å². The summed E-state index contributed by atoms with van der Waals surface area (Å²) in [7, 11) is 0. The Bertz CT molecular complexity index is 550. The molecule has 1 atom stereocenters. The number of urea groups is 1. The van der Waals surface area contributed by atoms with Crippen molar-refractivity contribution >= 4 is 33.6 Å². The zero-order valence-corrected chi connectivity index (χ0v) is 13.2. The minimum absolute atomic E-state index is 0.0659. The molecule has 1 fully saturated rings. The predicted octanol–water partition coefficient (Wildman–Crippen LogP) is 1.55. The van der Waals surface area contributed by atoms with E-state index in [1.165, 1.54) is 0 Å². The highest BCUT2D eigenvalue weighted by molar-refractivity contribution is 9.10. The van der Waals surface area contributed by atoms with E-state index in [1.54, 1.807) is 23.1 Å². The van der Waals surface area contributed by atoms with Gasteiger partial charge in [-0.15, -0.1) is 0 Å². The monoisotopic (exact) mass is 354 g/mol. The minimum atomic E-state index is -0.532. The van der Waals surface area contributed by atoms with E-state index in [9.17, 15) is 9.59 Å². The third-order valence-electron chi connectivity index (χ3n) is 3.62. The molecule has 0 aliphatic carbocycles. The zero-order valence-electron chi connectivity index (χ0n) is 11.6. The Hall–Kier alpha value is -1.76. The van der Waals surface area contributed by atoms with Gasteiger partial charge in [0.1, 0.15) is 0 Å². The Kier molecular flexibility index (Phi) is 5.06. The van der Waals surface area contributed by atoms with Gasteiger partial charge in [-0.1, -0.05) is 15.9 Å². The van der Waals surface area contributed by atoms with Crippen LogP contribution in [-0.2, 0) is 0 Å². The molecule has 1 aliphatic heterocycles. The zero-order chi connectivity index (χ0) is 15.4. The average molecular weight is 355 g/mol. The first-order chi connectivity index (χ1) is 9.97. The number of nitrogen functional groups attached to an aromatic ring is 1. The summed E-state index contributed by atoms with van der Waals surface area (Å²) < 4.78 is 0.846. The van der Waals surface area contributed by atoms with Crippen LogP contribution in [0, 0.1) is 5.92 Å². The van der Waals surface area contributed by atoms with Gasteiger partial charge in [-0.2, -0.15) is 0 Å². The maximum atomic E-state index is 12.5. The van der Waals surface area contributed by atoms with Gasteiger partial charge in [0.25, 0.3) is 5.91 Å². The number of hydrogen-bond donors (Lipinski definition) is 3. The first-order valence-electron chi connectivity index (χ1n) is 6.85. The van der Waals surface area contributed by atoms with Crippen molar-refractivity contribution in [1.29, 1.82) is 0 Å². The van der Waals surface area contributed by atoms with Crippen LogP contribution in [0.4, 0.5) is 10.5 Å². The molecule has 0 aromatic heterocycles. The lowest BCUT2D eigenvalue weighted by Gasteiger charge is -2.33. The van der Waals surface area contributed by atoms with Crippen LogP contribution in [0.1, 0.15) is 23.2 Å². The topological polar surface area (TPSA) is 101 Å². The Morgan fingerprint density at radius 2 is 2.19 bits per heavy atom. The Morgan fingerprint density at radius 1 is 1.43 bits per heavy atom. The molecule has 0 bridgehead atoms. The number of hydrogen-bond acceptors (Lipinski definition) is 3. The second-order valence-electron chi connectivity index (χ2n) is 5.24. The van der Waals surface area contributed by atoms with Crippen LogP contribution in [-0.4, -0.2) is 36.5 Å². The molecule has 6 nitrogen and oxygen atoms in total. The van der Waals surface area contributed by atoms with E-state index in [1.807, 2.05) is 0 Å². The number of carbonyl (C=O) groups excluding carboxylic acids is 2. The molecule has 5 N–H and O–H groups in total. The highest BCUT2D eigenvalue weighted by Gasteiger charge is 2.25. The van der Waals surface area contributed by atoms with Crippen LogP contribution in [0.15, 0.2) is 22.7 Å². The smallest absolute Gasteiger partial charge is 0.312 e. The van der Waals surface area contributed by atoms with Gasteiger partial charge in [-0.05, 0) is 37.0 Å². The molecule has 1 saturated heterocycles. The molecule has 2 rings (SSSR count). The predicted molar refractivity (Wildman–Crippen MR) is 84.8 cm³/mol. The fourth-order valence-electron chi connectivity index (χ4n) is 2.56. The van der Waals surface area contributed by atoms with Crippen molar-refractivity contribution in [2.45, 2.75) is 12.8 Å². The van der Waals surface area contributed by atoms with E-state index in [0.29, 0.717) is 30.9 Å². The first-order valence-corrected chi connectivity index (χ1v) is 7.64. The molecular formula is C14H19BrN4O2. The molecule has 1 aliphatic rings. The number of halogens is 1. The number of likely N-dealkylation sites (tertiary alicyclic amines) is 1. The molecule has 0 spiro atoms. The van der Waals surface area contributed by atoms with Crippen molar-refractivity contribution in [2.75, 3.05) is 25.4 Å². The molecule has 114 valence electrons. The van der Waals surface area contributed by atoms with Crippen molar-refractivity contribution in [3.8, 4) is 0 Å². The standard InChI is InChI=1S/C14H19BrN4O2/c15-10-3-4-11(12(16)6-10)13(20)19-5-1-2-9(8-19)7-18-14(17)21/h3-4,6,9H,1-2,5,7-8,16H2,(H3,17,18,21). The first kappa shape index (κ1) is 15.6. The van der Waals surface area contributed by atoms with E-state index >= 15 is 0 Å². The molecule has 3 amide bonds. The van der Waals surface area contributed by atoms with E-state index in [4.69, 9.17) is 11.5 Å². The summed E-state index contributed by atoms with van der Waals surface area (Å²) in [6, 6.07) is 4.73. The molecule has 1 aromatic rings. The lowest BCUT2D eigenvalue weighted by atomic mass is 9.97. The minimum Gasteiger partial charge on any atom is -0.398 e. The fourth-order valence-corrected chi connectivity index (χ4v) is 2.94. The molecule has 1 heterocycles. The maximum absolute atomic E-state index is 12.5. The number of amides is 3. The number of nitrogens with zero attached hydrogens (tertiary/aromatic N) is 1. The number of anilines is 1. The van der Waals surface area contributed by atoms with Gasteiger partial charge >= 0.3 is 6.03 Å². The van der Waals surface area contributed by atoms with Gasteiger partial charge in [-0.25, -0.2) is 4.79 Å². The van der Waals surface area contributed by atoms with Gasteiger partial charge in [0, 0.05) is 29.8 Å². The lowest BCUT2D eigenvalue weighted by Crippen LogP contribution is -2.44. The van der Waals surface area contributed by atoms with Crippen molar-refractivity contribution in [3.63, 3.8) is 0 Å². The third kappa shape index (κ3) is 4.10. The SMILES string of the molecule is NC(=O)NCC1CCCN(C(=O)c2ccc(Br)cc2N)C1. The van der Waals surface area contributed by atoms with Crippen molar-refractivity contribution < 1.29 is 9.59 Å². The summed E-state index contributed by atoms with van der Waals surface area (Å²) in [5, 5.41) is 2.60. The Labute approximate surface area is 132 Å². The quantitative estimate of drug-likeness (QED) is 0.717. The number of nitrogens with two attached hydrogens (primary N) is 2. The van der Waals surface area contributed by atoms with E-state index in [2.05, 4.69) is 21.2 Å². The highest BCUT2D eigenvalue weighted by Crippen LogP contribution is 2.23. The summed E-state index contributed by atoms with van der Waals surface area (Å²) in [4.78, 5) is 25.1. The largest absolute Gasteiger partial charge is 0.398 e. The van der Waals surface area contributed by atoms with Gasteiger partial charge in [-0.3, -0.25) is 4.79 Å². The maximum Gasteiger partial charge on any atom is 0.312 e. The molecule has 7 heteroatoms. The molecule has 21 heavy (non-hydrogen) atoms. The number of primary amides is 1. The summed E-state index contributed by atoms with van der Waals surface area (Å²) in [5.41, 5.74) is 12.0. The van der Waals surface area contributed by atoms with Crippen molar-refractivity contribution in [3.05, 3.63) is 28.2 Å². The molecular weight excluding hydrogens is 336 g/mol. The Balaban J connectivity index is 2.03. The second kappa shape index (κ2) is 6.80. The number of nitrogens with one attached hydrogen (secondary N) is 1. The summed E-state index contributed by atoms with van der Waals surface area (Å²) in [6.07, 6.45) is 1.88. The fraction of sp³-hybridized carbons (Fsp3) is 0.429. The van der Waals surface area contributed by atoms with Gasteiger partial charge in [0.15, 0.2) is 0 Å². The molecule has 1 unspecified atom stereocenters. The third-order valence-corrected chi connectivity index (χ3v) is 4.11. The second-order valence-corrected chi connectivity index (χ2v) is 6.15. The van der Waals surface area contributed by atoms with Gasteiger partial charge in [0.05, 0.1) is 5.56 Å². The summed E-state index contributed by atoms with van der Waals surface area (Å²) in [6.45, 7) is 1.81.